The van der Waals surface area contributed by atoms with E-state index in [4.69, 9.17) is 0 Å². The zero-order valence-electron chi connectivity index (χ0n) is 21.8. The molecule has 0 fully saturated rings. The number of allylic oxidation sites excluding steroid dienone is 1. The van der Waals surface area contributed by atoms with Gasteiger partial charge in [-0.15, -0.1) is 0 Å². The Kier molecular flexibility index (Phi) is 3.31. The van der Waals surface area contributed by atoms with Crippen LogP contribution in [-0.4, -0.2) is 0 Å². The van der Waals surface area contributed by atoms with Crippen molar-refractivity contribution in [2.24, 2.45) is 5.92 Å². The van der Waals surface area contributed by atoms with Gasteiger partial charge in [0.15, 0.2) is 0 Å². The topological polar surface area (TPSA) is 0 Å². The van der Waals surface area contributed by atoms with Gasteiger partial charge in [-0.25, -0.2) is 0 Å². The van der Waals surface area contributed by atoms with Crippen molar-refractivity contribution >= 4 is 93.1 Å². The summed E-state index contributed by atoms with van der Waals surface area (Å²) in [6.45, 7) is 0. The summed E-state index contributed by atoms with van der Waals surface area (Å²) in [6.07, 6.45) is 8.36. The molecule has 0 radical (unpaired) electrons. The van der Waals surface area contributed by atoms with E-state index in [1.165, 1.54) is 103 Å². The lowest BCUT2D eigenvalue weighted by atomic mass is 9.96. The summed E-state index contributed by atoms with van der Waals surface area (Å²) in [5.74, 6) is 0.412. The van der Waals surface area contributed by atoms with Crippen LogP contribution in [0.4, 0.5) is 0 Å². The molecule has 0 heterocycles. The van der Waals surface area contributed by atoms with E-state index in [-0.39, 0.29) is 0 Å². The number of hydrogen-bond acceptors (Lipinski definition) is 0. The highest BCUT2D eigenvalue weighted by atomic mass is 14.3. The largest absolute Gasteiger partial charge is 0.0687 e. The monoisotopic (exact) mass is 502 g/mol. The minimum Gasteiger partial charge on any atom is -0.0687 e. The van der Waals surface area contributed by atoms with Crippen LogP contribution in [0.2, 0.25) is 0 Å². The summed E-state index contributed by atoms with van der Waals surface area (Å²) in [6, 6.07) is 38.1. The molecule has 1 unspecified atom stereocenters. The summed E-state index contributed by atoms with van der Waals surface area (Å²) in [5, 5.41) is 21.3. The fraction of sp³-hybridized carbons (Fsp3) is 0.0500. The van der Waals surface area contributed by atoms with Gasteiger partial charge in [0.1, 0.15) is 0 Å². The molecule has 0 bridgehead atoms. The molecular weight excluding hydrogens is 480 g/mol. The van der Waals surface area contributed by atoms with Crippen molar-refractivity contribution in [3.63, 3.8) is 0 Å². The minimum atomic E-state index is 0.412. The van der Waals surface area contributed by atoms with Gasteiger partial charge in [0.2, 0.25) is 0 Å². The van der Waals surface area contributed by atoms with Gasteiger partial charge in [0.25, 0.3) is 0 Å². The molecule has 0 aliphatic heterocycles. The summed E-state index contributed by atoms with van der Waals surface area (Å²) < 4.78 is 0. The van der Waals surface area contributed by atoms with Crippen molar-refractivity contribution in [2.45, 2.75) is 6.42 Å². The zero-order valence-corrected chi connectivity index (χ0v) is 21.8. The fourth-order valence-corrected chi connectivity index (χ4v) is 8.29. The molecule has 0 saturated heterocycles. The van der Waals surface area contributed by atoms with Crippen molar-refractivity contribution in [2.75, 3.05) is 0 Å². The van der Waals surface area contributed by atoms with Crippen LogP contribution in [0.3, 0.4) is 0 Å². The Labute approximate surface area is 229 Å². The Bertz CT molecular complexity index is 2720. The molecule has 0 saturated carbocycles. The summed E-state index contributed by atoms with van der Waals surface area (Å²) in [5.41, 5.74) is 4.31. The zero-order chi connectivity index (χ0) is 25.7. The minimum absolute atomic E-state index is 0.412. The Balaban J connectivity index is 1.41. The third-order valence-electron chi connectivity index (χ3n) is 10.1. The average molecular weight is 503 g/mol. The summed E-state index contributed by atoms with van der Waals surface area (Å²) >= 11 is 0. The first kappa shape index (κ1) is 20.0. The number of hydrogen-bond donors (Lipinski definition) is 0. The van der Waals surface area contributed by atoms with Gasteiger partial charge in [-0.05, 0) is 151 Å². The average Bonchev–Trinajstić information content (AvgIpc) is 3.54. The van der Waals surface area contributed by atoms with E-state index in [1.54, 1.807) is 0 Å². The number of rotatable bonds is 0. The van der Waals surface area contributed by atoms with E-state index in [0.717, 1.165) is 6.42 Å². The van der Waals surface area contributed by atoms with E-state index in [0.29, 0.717) is 5.92 Å². The second kappa shape index (κ2) is 6.61. The Morgan fingerprint density at radius 1 is 0.425 bits per heavy atom. The van der Waals surface area contributed by atoms with Crippen molar-refractivity contribution in [1.29, 1.82) is 0 Å². The van der Waals surface area contributed by atoms with E-state index >= 15 is 0 Å². The lowest BCUT2D eigenvalue weighted by Crippen LogP contribution is -2.19. The van der Waals surface area contributed by atoms with Crippen molar-refractivity contribution in [3.8, 4) is 0 Å². The van der Waals surface area contributed by atoms with Crippen molar-refractivity contribution in [1.82, 2.24) is 0 Å². The van der Waals surface area contributed by atoms with Crippen LogP contribution in [0.25, 0.3) is 93.1 Å². The first-order valence-electron chi connectivity index (χ1n) is 14.3. The van der Waals surface area contributed by atoms with Gasteiger partial charge in [-0.2, -0.15) is 0 Å². The molecular formula is C40H22. The van der Waals surface area contributed by atoms with Gasteiger partial charge in [-0.3, -0.25) is 0 Å². The van der Waals surface area contributed by atoms with E-state index in [2.05, 4.69) is 115 Å². The molecule has 0 spiro atoms. The van der Waals surface area contributed by atoms with E-state index in [1.807, 2.05) is 0 Å². The maximum absolute atomic E-state index is 2.52. The fourth-order valence-electron chi connectivity index (χ4n) is 8.29. The third-order valence-corrected chi connectivity index (χ3v) is 10.1. The predicted octanol–water partition coefficient (Wildman–Crippen LogP) is 8.90. The van der Waals surface area contributed by atoms with Gasteiger partial charge < -0.3 is 0 Å². The van der Waals surface area contributed by atoms with Crippen molar-refractivity contribution < 1.29 is 0 Å². The number of fused-ring (bicyclic) bond motifs is 14. The summed E-state index contributed by atoms with van der Waals surface area (Å²) in [4.78, 5) is 0. The lowest BCUT2D eigenvalue weighted by Gasteiger charge is -2.08. The molecule has 0 heteroatoms. The summed E-state index contributed by atoms with van der Waals surface area (Å²) in [7, 11) is 0. The Hall–Kier alpha value is -4.94. The van der Waals surface area contributed by atoms with Crippen LogP contribution in [0.15, 0.2) is 103 Å². The first-order valence-corrected chi connectivity index (χ1v) is 14.3. The van der Waals surface area contributed by atoms with Crippen molar-refractivity contribution in [3.05, 3.63) is 125 Å². The van der Waals surface area contributed by atoms with Gasteiger partial charge in [0, 0.05) is 5.92 Å². The maximum Gasteiger partial charge on any atom is 0.00739 e. The molecule has 0 aromatic heterocycles. The maximum atomic E-state index is 2.52. The highest BCUT2D eigenvalue weighted by Crippen LogP contribution is 2.40. The van der Waals surface area contributed by atoms with Gasteiger partial charge in [0.05, 0.1) is 0 Å². The van der Waals surface area contributed by atoms with Gasteiger partial charge >= 0.3 is 0 Å². The SMILES string of the molecule is C1=Cc2c3cc4cc5cc6cc7cc8cc9cc%10cc%11c(ccc%10c9ccc8c7ccc6c5ccc24)=C1C(C=%11)C3. The first-order chi connectivity index (χ1) is 19.7. The van der Waals surface area contributed by atoms with Crippen LogP contribution in [-0.2, 0) is 6.42 Å². The molecule has 0 N–H and O–H groups in total. The molecule has 0 amide bonds. The lowest BCUT2D eigenvalue weighted by molar-refractivity contribution is 0.883. The highest BCUT2D eigenvalue weighted by molar-refractivity contribution is 6.21. The normalized spacial score (nSPS) is 16.7. The Morgan fingerprint density at radius 3 is 1.43 bits per heavy atom. The molecule has 10 rings (SSSR count). The van der Waals surface area contributed by atoms with Gasteiger partial charge in [-0.1, -0.05) is 72.8 Å². The molecule has 40 heavy (non-hydrogen) atoms. The second-order valence-electron chi connectivity index (χ2n) is 12.1. The van der Waals surface area contributed by atoms with Crippen LogP contribution < -0.4 is 10.4 Å². The standard InChI is InChI=1S/C40H22/c1-2-32-22-11-21-16-23-12-25-18-27-14-29-20-30-15-28-19-26-13-24(17-22)34(32)5-6-36(26)38(28)9-10-40(30)39(29)8-7-37(27)35(25)4-3-33(23)31(1)21/h1-14,16-20,28H,15H2. The third kappa shape index (κ3) is 2.36. The quantitative estimate of drug-likeness (QED) is 0.194. The molecule has 182 valence electrons. The molecule has 1 atom stereocenters. The molecule has 8 aromatic carbocycles. The Morgan fingerprint density at radius 2 is 0.875 bits per heavy atom. The smallest absolute Gasteiger partial charge is 0.00739 e. The molecule has 0 nitrogen and oxygen atoms in total. The van der Waals surface area contributed by atoms with E-state index in [9.17, 15) is 0 Å². The molecule has 8 aromatic rings. The van der Waals surface area contributed by atoms with Crippen LogP contribution in [0, 0.1) is 5.92 Å². The van der Waals surface area contributed by atoms with Crippen LogP contribution in [0.5, 0.6) is 0 Å². The van der Waals surface area contributed by atoms with Crippen LogP contribution in [0.1, 0.15) is 11.1 Å². The van der Waals surface area contributed by atoms with E-state index < -0.39 is 0 Å². The highest BCUT2D eigenvalue weighted by Gasteiger charge is 2.23. The second-order valence-corrected chi connectivity index (χ2v) is 12.1. The predicted molar refractivity (Wildman–Crippen MR) is 172 cm³/mol. The molecule has 2 aliphatic rings. The van der Waals surface area contributed by atoms with Crippen LogP contribution >= 0.6 is 0 Å². The molecule has 2 aliphatic carbocycles.